The first-order valence-corrected chi connectivity index (χ1v) is 6.61. The van der Waals surface area contributed by atoms with Crippen molar-refractivity contribution in [3.8, 4) is 0 Å². The predicted octanol–water partition coefficient (Wildman–Crippen LogP) is 3.71. The molecule has 0 aromatic heterocycles. The lowest BCUT2D eigenvalue weighted by molar-refractivity contribution is 0.926. The van der Waals surface area contributed by atoms with Gasteiger partial charge in [-0.15, -0.1) is 0 Å². The van der Waals surface area contributed by atoms with Crippen LogP contribution in [-0.4, -0.2) is 4.99 Å². The van der Waals surface area contributed by atoms with Crippen molar-refractivity contribution in [3.05, 3.63) is 71.3 Å². The molecule has 0 amide bonds. The van der Waals surface area contributed by atoms with Gasteiger partial charge in [0.25, 0.3) is 0 Å². The molecule has 0 fully saturated rings. The number of hydrogen-bond donors (Lipinski definition) is 1. The highest BCUT2D eigenvalue weighted by atomic mass is 32.1. The Morgan fingerprint density at radius 3 is 2.17 bits per heavy atom. The van der Waals surface area contributed by atoms with E-state index in [-0.39, 0.29) is 0 Å². The largest absolute Gasteiger partial charge is 0.372 e. The first kappa shape index (κ1) is 12.8. The normalized spacial score (nSPS) is 10.1. The van der Waals surface area contributed by atoms with Gasteiger partial charge in [-0.3, -0.25) is 0 Å². The van der Waals surface area contributed by atoms with E-state index in [1.54, 1.807) is 0 Å². The monoisotopic (exact) mass is 255 g/mol. The zero-order chi connectivity index (χ0) is 12.8. The molecule has 0 radical (unpaired) electrons. The fourth-order valence-electron chi connectivity index (χ4n) is 1.77. The van der Waals surface area contributed by atoms with Crippen LogP contribution in [0.5, 0.6) is 0 Å². The molecular weight excluding hydrogens is 238 g/mol. The van der Waals surface area contributed by atoms with E-state index in [9.17, 15) is 0 Å². The van der Waals surface area contributed by atoms with Gasteiger partial charge in [0.05, 0.1) is 0 Å². The number of nitrogens with one attached hydrogen (secondary N) is 1. The fraction of sp³-hybridized carbons (Fsp3) is 0.188. The Hall–Kier alpha value is -1.67. The maximum atomic E-state index is 5.36. The van der Waals surface area contributed by atoms with Gasteiger partial charge >= 0.3 is 0 Å². The van der Waals surface area contributed by atoms with Gasteiger partial charge in [0.1, 0.15) is 4.99 Å². The molecule has 0 aliphatic carbocycles. The first-order valence-electron chi connectivity index (χ1n) is 6.20. The number of hydrogen-bond acceptors (Lipinski definition) is 1. The standard InChI is InChI=1S/C16H17NS/c1-2-13-8-10-14(11-9-13)12-17-16(18)15-6-4-3-5-7-15/h3-11H,2,12H2,1H3,(H,17,18). The molecule has 0 unspecified atom stereocenters. The zero-order valence-electron chi connectivity index (χ0n) is 10.5. The molecule has 0 saturated carbocycles. The molecule has 0 aliphatic heterocycles. The van der Waals surface area contributed by atoms with Crippen LogP contribution >= 0.6 is 12.2 Å². The average molecular weight is 255 g/mol. The van der Waals surface area contributed by atoms with Crippen molar-refractivity contribution in [1.29, 1.82) is 0 Å². The molecule has 18 heavy (non-hydrogen) atoms. The quantitative estimate of drug-likeness (QED) is 0.836. The highest BCUT2D eigenvalue weighted by Crippen LogP contribution is 2.06. The van der Waals surface area contributed by atoms with E-state index in [1.807, 2.05) is 30.3 Å². The molecule has 2 aromatic carbocycles. The molecule has 1 N–H and O–H groups in total. The molecule has 2 heteroatoms. The molecule has 0 atom stereocenters. The summed E-state index contributed by atoms with van der Waals surface area (Å²) < 4.78 is 0. The Labute approximate surface area is 114 Å². The van der Waals surface area contributed by atoms with E-state index in [1.165, 1.54) is 11.1 Å². The smallest absolute Gasteiger partial charge is 0.106 e. The molecule has 0 heterocycles. The lowest BCUT2D eigenvalue weighted by atomic mass is 10.1. The third-order valence-corrected chi connectivity index (χ3v) is 3.30. The average Bonchev–Trinajstić information content (AvgIpc) is 2.46. The molecule has 0 saturated heterocycles. The topological polar surface area (TPSA) is 12.0 Å². The summed E-state index contributed by atoms with van der Waals surface area (Å²) in [5, 5.41) is 3.28. The maximum absolute atomic E-state index is 5.36. The van der Waals surface area contributed by atoms with Gasteiger partial charge in [-0.1, -0.05) is 73.7 Å². The highest BCUT2D eigenvalue weighted by Gasteiger charge is 1.99. The Bertz CT molecular complexity index is 502. The van der Waals surface area contributed by atoms with Crippen LogP contribution in [0.25, 0.3) is 0 Å². The summed E-state index contributed by atoms with van der Waals surface area (Å²) in [5.74, 6) is 0. The van der Waals surface area contributed by atoms with Crippen molar-refractivity contribution in [2.24, 2.45) is 0 Å². The zero-order valence-corrected chi connectivity index (χ0v) is 11.3. The third-order valence-electron chi connectivity index (χ3n) is 2.92. The summed E-state index contributed by atoms with van der Waals surface area (Å²) in [6.07, 6.45) is 1.08. The van der Waals surface area contributed by atoms with Crippen LogP contribution in [0, 0.1) is 0 Å². The molecule has 0 bridgehead atoms. The summed E-state index contributed by atoms with van der Waals surface area (Å²) >= 11 is 5.36. The minimum Gasteiger partial charge on any atom is -0.372 e. The molecule has 1 nitrogen and oxygen atoms in total. The van der Waals surface area contributed by atoms with Gasteiger partial charge in [0.15, 0.2) is 0 Å². The van der Waals surface area contributed by atoms with Crippen LogP contribution in [0.3, 0.4) is 0 Å². The number of rotatable bonds is 4. The Morgan fingerprint density at radius 1 is 0.944 bits per heavy atom. The SMILES string of the molecule is CCc1ccc(CNC(=S)c2ccccc2)cc1. The highest BCUT2D eigenvalue weighted by molar-refractivity contribution is 7.80. The third kappa shape index (κ3) is 3.41. The van der Waals surface area contributed by atoms with E-state index < -0.39 is 0 Å². The summed E-state index contributed by atoms with van der Waals surface area (Å²) in [6, 6.07) is 18.7. The minimum absolute atomic E-state index is 0.776. The Kier molecular flexibility index (Phi) is 4.48. The minimum atomic E-state index is 0.776. The van der Waals surface area contributed by atoms with Crippen molar-refractivity contribution in [3.63, 3.8) is 0 Å². The van der Waals surface area contributed by atoms with Gasteiger partial charge in [-0.05, 0) is 17.5 Å². The molecule has 2 aromatic rings. The van der Waals surface area contributed by atoms with Crippen LogP contribution in [0.15, 0.2) is 54.6 Å². The maximum Gasteiger partial charge on any atom is 0.106 e. The van der Waals surface area contributed by atoms with E-state index in [0.29, 0.717) is 0 Å². The van der Waals surface area contributed by atoms with Crippen LogP contribution < -0.4 is 5.32 Å². The summed E-state index contributed by atoms with van der Waals surface area (Å²) in [5.41, 5.74) is 3.69. The van der Waals surface area contributed by atoms with E-state index in [0.717, 1.165) is 23.5 Å². The second-order valence-electron chi connectivity index (χ2n) is 4.22. The Morgan fingerprint density at radius 2 is 1.56 bits per heavy atom. The molecule has 92 valence electrons. The lowest BCUT2D eigenvalue weighted by Crippen LogP contribution is -2.21. The van der Waals surface area contributed by atoms with Gasteiger partial charge in [0.2, 0.25) is 0 Å². The lowest BCUT2D eigenvalue weighted by Gasteiger charge is -2.08. The summed E-state index contributed by atoms with van der Waals surface area (Å²) in [6.45, 7) is 2.94. The van der Waals surface area contributed by atoms with Crippen molar-refractivity contribution >= 4 is 17.2 Å². The van der Waals surface area contributed by atoms with E-state index in [2.05, 4.69) is 36.5 Å². The van der Waals surface area contributed by atoms with Crippen LogP contribution in [0.2, 0.25) is 0 Å². The molecular formula is C16H17NS. The van der Waals surface area contributed by atoms with Crippen LogP contribution in [-0.2, 0) is 13.0 Å². The summed E-state index contributed by atoms with van der Waals surface area (Å²) in [7, 11) is 0. The molecule has 2 rings (SSSR count). The van der Waals surface area contributed by atoms with Gasteiger partial charge in [-0.2, -0.15) is 0 Å². The second-order valence-corrected chi connectivity index (χ2v) is 4.63. The fourth-order valence-corrected chi connectivity index (χ4v) is 1.97. The van der Waals surface area contributed by atoms with Crippen molar-refractivity contribution in [2.45, 2.75) is 19.9 Å². The molecule has 0 aliphatic rings. The predicted molar refractivity (Wildman–Crippen MR) is 80.8 cm³/mol. The van der Waals surface area contributed by atoms with Crippen molar-refractivity contribution in [1.82, 2.24) is 5.32 Å². The van der Waals surface area contributed by atoms with Gasteiger partial charge in [0, 0.05) is 12.1 Å². The van der Waals surface area contributed by atoms with Crippen LogP contribution in [0.1, 0.15) is 23.6 Å². The van der Waals surface area contributed by atoms with E-state index in [4.69, 9.17) is 12.2 Å². The number of thiocarbonyl (C=S) groups is 1. The number of aryl methyl sites for hydroxylation is 1. The van der Waals surface area contributed by atoms with Crippen molar-refractivity contribution in [2.75, 3.05) is 0 Å². The second kappa shape index (κ2) is 6.31. The first-order chi connectivity index (χ1) is 8.79. The molecule has 0 spiro atoms. The van der Waals surface area contributed by atoms with Crippen molar-refractivity contribution < 1.29 is 0 Å². The van der Waals surface area contributed by atoms with E-state index >= 15 is 0 Å². The Balaban J connectivity index is 1.93. The summed E-state index contributed by atoms with van der Waals surface area (Å²) in [4.78, 5) is 0.801. The van der Waals surface area contributed by atoms with Gasteiger partial charge < -0.3 is 5.32 Å². The van der Waals surface area contributed by atoms with Gasteiger partial charge in [-0.25, -0.2) is 0 Å². The number of benzene rings is 2. The van der Waals surface area contributed by atoms with Crippen LogP contribution in [0.4, 0.5) is 0 Å².